The molecule has 18 heavy (non-hydrogen) atoms. The largest absolute Gasteiger partial charge is 0.494 e. The molecular formula is C15H19NO2. The Morgan fingerprint density at radius 2 is 2.06 bits per heavy atom. The van der Waals surface area contributed by atoms with Gasteiger partial charge in [-0.25, -0.2) is 0 Å². The summed E-state index contributed by atoms with van der Waals surface area (Å²) in [4.78, 5) is 0. The summed E-state index contributed by atoms with van der Waals surface area (Å²) in [5, 5.41) is 3.43. The van der Waals surface area contributed by atoms with Crippen molar-refractivity contribution in [3.8, 4) is 5.75 Å². The standard InChI is InChI=1S/C15H19NO2/c1-3-17-15-9-5-4-8-14(15)12(2)16-11-13-7-6-10-18-13/h4-10,12,16H,3,11H2,1-2H3. The van der Waals surface area contributed by atoms with E-state index in [1.54, 1.807) is 6.26 Å². The van der Waals surface area contributed by atoms with Crippen LogP contribution in [0.3, 0.4) is 0 Å². The number of para-hydroxylation sites is 1. The van der Waals surface area contributed by atoms with Gasteiger partial charge in [-0.15, -0.1) is 0 Å². The average molecular weight is 245 g/mol. The molecule has 0 amide bonds. The van der Waals surface area contributed by atoms with Gasteiger partial charge in [-0.05, 0) is 32.0 Å². The Labute approximate surface area is 108 Å². The quantitative estimate of drug-likeness (QED) is 0.845. The fourth-order valence-electron chi connectivity index (χ4n) is 1.90. The van der Waals surface area contributed by atoms with Gasteiger partial charge < -0.3 is 14.5 Å². The molecule has 96 valence electrons. The third-order valence-electron chi connectivity index (χ3n) is 2.85. The van der Waals surface area contributed by atoms with E-state index in [1.807, 2.05) is 37.3 Å². The Hall–Kier alpha value is -1.74. The van der Waals surface area contributed by atoms with E-state index < -0.39 is 0 Å². The fraction of sp³-hybridized carbons (Fsp3) is 0.333. The lowest BCUT2D eigenvalue weighted by Gasteiger charge is -2.17. The maximum atomic E-state index is 5.63. The summed E-state index contributed by atoms with van der Waals surface area (Å²) in [7, 11) is 0. The maximum Gasteiger partial charge on any atom is 0.124 e. The molecule has 1 unspecified atom stereocenters. The maximum absolute atomic E-state index is 5.63. The number of ether oxygens (including phenoxy) is 1. The minimum atomic E-state index is 0.220. The van der Waals surface area contributed by atoms with Crippen molar-refractivity contribution in [1.82, 2.24) is 5.32 Å². The van der Waals surface area contributed by atoms with Crippen LogP contribution in [-0.4, -0.2) is 6.61 Å². The molecule has 0 bridgehead atoms. The summed E-state index contributed by atoms with van der Waals surface area (Å²) in [5.74, 6) is 1.88. The van der Waals surface area contributed by atoms with E-state index in [1.165, 1.54) is 5.56 Å². The third kappa shape index (κ3) is 3.14. The summed E-state index contributed by atoms with van der Waals surface area (Å²) in [5.41, 5.74) is 1.17. The molecule has 2 aromatic rings. The smallest absolute Gasteiger partial charge is 0.124 e. The highest BCUT2D eigenvalue weighted by molar-refractivity contribution is 5.35. The summed E-state index contributed by atoms with van der Waals surface area (Å²) in [6.45, 7) is 5.52. The number of rotatable bonds is 6. The molecule has 1 atom stereocenters. The van der Waals surface area contributed by atoms with Crippen LogP contribution < -0.4 is 10.1 Å². The van der Waals surface area contributed by atoms with E-state index in [2.05, 4.69) is 18.3 Å². The second kappa shape index (κ2) is 6.26. The molecule has 1 N–H and O–H groups in total. The van der Waals surface area contributed by atoms with E-state index in [-0.39, 0.29) is 6.04 Å². The zero-order chi connectivity index (χ0) is 12.8. The summed E-state index contributed by atoms with van der Waals surface area (Å²) in [6, 6.07) is 12.2. The third-order valence-corrected chi connectivity index (χ3v) is 2.85. The van der Waals surface area contributed by atoms with Gasteiger partial charge in [-0.1, -0.05) is 18.2 Å². The van der Waals surface area contributed by atoms with E-state index in [0.29, 0.717) is 13.2 Å². The van der Waals surface area contributed by atoms with Gasteiger partial charge in [-0.3, -0.25) is 0 Å². The molecule has 0 saturated heterocycles. The van der Waals surface area contributed by atoms with Gasteiger partial charge in [0, 0.05) is 11.6 Å². The van der Waals surface area contributed by atoms with Crippen LogP contribution in [0.1, 0.15) is 31.2 Å². The Bertz CT molecular complexity index is 465. The van der Waals surface area contributed by atoms with Crippen molar-refractivity contribution in [3.63, 3.8) is 0 Å². The summed E-state index contributed by atoms with van der Waals surface area (Å²) >= 11 is 0. The first-order valence-corrected chi connectivity index (χ1v) is 6.28. The minimum Gasteiger partial charge on any atom is -0.494 e. The first kappa shape index (κ1) is 12.7. The molecule has 0 aliphatic carbocycles. The first-order valence-electron chi connectivity index (χ1n) is 6.28. The van der Waals surface area contributed by atoms with Crippen LogP contribution in [0.2, 0.25) is 0 Å². The lowest BCUT2D eigenvalue weighted by atomic mass is 10.1. The highest BCUT2D eigenvalue weighted by Crippen LogP contribution is 2.24. The van der Waals surface area contributed by atoms with E-state index >= 15 is 0 Å². The molecule has 0 spiro atoms. The zero-order valence-corrected chi connectivity index (χ0v) is 10.8. The molecule has 1 aromatic carbocycles. The summed E-state index contributed by atoms with van der Waals surface area (Å²) in [6.07, 6.45) is 1.69. The number of nitrogens with one attached hydrogen (secondary N) is 1. The van der Waals surface area contributed by atoms with Crippen molar-refractivity contribution >= 4 is 0 Å². The van der Waals surface area contributed by atoms with Gasteiger partial charge in [0.1, 0.15) is 11.5 Å². The van der Waals surface area contributed by atoms with Gasteiger partial charge in [0.25, 0.3) is 0 Å². The Balaban J connectivity index is 2.01. The van der Waals surface area contributed by atoms with Crippen molar-refractivity contribution in [2.24, 2.45) is 0 Å². The molecule has 1 heterocycles. The van der Waals surface area contributed by atoms with Crippen molar-refractivity contribution in [1.29, 1.82) is 0 Å². The molecular weight excluding hydrogens is 226 g/mol. The second-order valence-corrected chi connectivity index (χ2v) is 4.15. The van der Waals surface area contributed by atoms with Crippen LogP contribution in [0.5, 0.6) is 5.75 Å². The second-order valence-electron chi connectivity index (χ2n) is 4.15. The number of hydrogen-bond acceptors (Lipinski definition) is 3. The Kier molecular flexibility index (Phi) is 4.42. The van der Waals surface area contributed by atoms with Crippen LogP contribution in [0, 0.1) is 0 Å². The highest BCUT2D eigenvalue weighted by Gasteiger charge is 2.10. The van der Waals surface area contributed by atoms with Crippen LogP contribution in [0.15, 0.2) is 47.1 Å². The van der Waals surface area contributed by atoms with Gasteiger partial charge in [0.2, 0.25) is 0 Å². The molecule has 3 heteroatoms. The first-order chi connectivity index (χ1) is 8.81. The van der Waals surface area contributed by atoms with Gasteiger partial charge in [0.15, 0.2) is 0 Å². The van der Waals surface area contributed by atoms with Gasteiger partial charge in [-0.2, -0.15) is 0 Å². The zero-order valence-electron chi connectivity index (χ0n) is 10.8. The topological polar surface area (TPSA) is 34.4 Å². The van der Waals surface area contributed by atoms with Crippen LogP contribution in [-0.2, 0) is 6.54 Å². The van der Waals surface area contributed by atoms with Crippen molar-refractivity contribution in [2.45, 2.75) is 26.4 Å². The van der Waals surface area contributed by atoms with Crippen LogP contribution >= 0.6 is 0 Å². The fourth-order valence-corrected chi connectivity index (χ4v) is 1.90. The number of benzene rings is 1. The summed E-state index contributed by atoms with van der Waals surface area (Å²) < 4.78 is 10.9. The predicted molar refractivity (Wildman–Crippen MR) is 71.6 cm³/mol. The van der Waals surface area contributed by atoms with E-state index in [9.17, 15) is 0 Å². The minimum absolute atomic E-state index is 0.220. The van der Waals surface area contributed by atoms with Gasteiger partial charge >= 0.3 is 0 Å². The van der Waals surface area contributed by atoms with Crippen LogP contribution in [0.4, 0.5) is 0 Å². The average Bonchev–Trinajstić information content (AvgIpc) is 2.90. The van der Waals surface area contributed by atoms with Crippen molar-refractivity contribution < 1.29 is 9.15 Å². The monoisotopic (exact) mass is 245 g/mol. The molecule has 0 aliphatic heterocycles. The van der Waals surface area contributed by atoms with Crippen LogP contribution in [0.25, 0.3) is 0 Å². The van der Waals surface area contributed by atoms with Crippen molar-refractivity contribution in [3.05, 3.63) is 54.0 Å². The Morgan fingerprint density at radius 1 is 1.22 bits per heavy atom. The molecule has 0 radical (unpaired) electrons. The molecule has 2 rings (SSSR count). The molecule has 0 aliphatic rings. The van der Waals surface area contributed by atoms with Gasteiger partial charge in [0.05, 0.1) is 19.4 Å². The van der Waals surface area contributed by atoms with E-state index in [0.717, 1.165) is 11.5 Å². The number of hydrogen-bond donors (Lipinski definition) is 1. The van der Waals surface area contributed by atoms with Crippen molar-refractivity contribution in [2.75, 3.05) is 6.61 Å². The SMILES string of the molecule is CCOc1ccccc1C(C)NCc1ccco1. The molecule has 0 saturated carbocycles. The normalized spacial score (nSPS) is 12.3. The Morgan fingerprint density at radius 3 is 2.78 bits per heavy atom. The lowest BCUT2D eigenvalue weighted by molar-refractivity contribution is 0.331. The number of furan rings is 1. The lowest BCUT2D eigenvalue weighted by Crippen LogP contribution is -2.18. The predicted octanol–water partition coefficient (Wildman–Crippen LogP) is 3.53. The highest BCUT2D eigenvalue weighted by atomic mass is 16.5. The molecule has 3 nitrogen and oxygen atoms in total. The molecule has 1 aromatic heterocycles. The molecule has 0 fully saturated rings. The van der Waals surface area contributed by atoms with E-state index in [4.69, 9.17) is 9.15 Å².